The van der Waals surface area contributed by atoms with Gasteiger partial charge >= 0.3 is 0 Å². The monoisotopic (exact) mass is 129 g/mol. The van der Waals surface area contributed by atoms with Gasteiger partial charge in [-0.05, 0) is 0 Å². The molecule has 23 valence electrons. The number of hydrogen-bond acceptors (Lipinski definition) is 1. The summed E-state index contributed by atoms with van der Waals surface area (Å²) in [6.45, 7) is 0. The van der Waals surface area contributed by atoms with Gasteiger partial charge in [0.1, 0.15) is 9.12 Å². The molecule has 0 aliphatic rings. The van der Waals surface area contributed by atoms with Crippen molar-refractivity contribution in [3.05, 3.63) is 0 Å². The molecule has 1 nitrogen and oxygen atoms in total. The van der Waals surface area contributed by atoms with Crippen LogP contribution in [0, 0.1) is 0 Å². The normalized spacial score (nSPS) is 1.00. The maximum Gasteiger partial charge on any atom is 0.138 e. The third kappa shape index (κ3) is 9.52. The zero-order valence-corrected chi connectivity index (χ0v) is 6.21. The van der Waals surface area contributed by atoms with Crippen LogP contribution in [0.1, 0.15) is 0 Å². The summed E-state index contributed by atoms with van der Waals surface area (Å²) < 4.78 is 8.06. The molecule has 0 spiro atoms. The molecule has 0 bridgehead atoms. The van der Waals surface area contributed by atoms with Crippen molar-refractivity contribution >= 4 is 38.7 Å². The minimum absolute atomic E-state index is 0. The molecule has 0 saturated heterocycles. The predicted molar refractivity (Wildman–Crippen MR) is 14.8 cm³/mol. The van der Waals surface area contributed by atoms with Crippen molar-refractivity contribution in [2.75, 3.05) is 0 Å². The van der Waals surface area contributed by atoms with Gasteiger partial charge in [0.15, 0.2) is 0 Å². The van der Waals surface area contributed by atoms with Gasteiger partial charge in [-0.15, -0.1) is 0 Å². The Morgan fingerprint density at radius 1 is 1.25 bits per heavy atom. The van der Waals surface area contributed by atoms with E-state index in [1.54, 1.807) is 9.12 Å². The van der Waals surface area contributed by atoms with Gasteiger partial charge in [0.05, 0.1) is 0 Å². The SMILES string of the molecule is O=P.[Na].[Ni]. The molecule has 0 aromatic heterocycles. The molecule has 0 fully saturated rings. The fraction of sp³-hybridized carbons (Fsp3) is 0. The van der Waals surface area contributed by atoms with Gasteiger partial charge in [0.25, 0.3) is 0 Å². The summed E-state index contributed by atoms with van der Waals surface area (Å²) in [6, 6.07) is 0. The molecule has 0 atom stereocenters. The Morgan fingerprint density at radius 2 is 1.25 bits per heavy atom. The number of hydrogen-bond donors (Lipinski definition) is 0. The third-order valence-electron chi connectivity index (χ3n) is 0. The molecule has 0 aromatic carbocycles. The molecule has 0 rings (SSSR count). The Labute approximate surface area is 59.4 Å². The fourth-order valence-electron chi connectivity index (χ4n) is 0. The molecule has 0 aromatic rings. The second-order valence-electron chi connectivity index (χ2n) is 0. The van der Waals surface area contributed by atoms with E-state index in [9.17, 15) is 0 Å². The Hall–Kier alpha value is 1.59. The van der Waals surface area contributed by atoms with E-state index >= 15 is 0 Å². The zero-order valence-electron chi connectivity index (χ0n) is 2.22. The van der Waals surface area contributed by atoms with E-state index in [0.717, 1.165) is 0 Å². The first-order valence-corrected chi connectivity index (χ1v) is 0.612. The predicted octanol–water partition coefficient (Wildman–Crippen LogP) is 0.0914. The molecule has 0 unspecified atom stereocenters. The van der Waals surface area contributed by atoms with E-state index in [2.05, 4.69) is 0 Å². The summed E-state index contributed by atoms with van der Waals surface area (Å²) in [5.74, 6) is 0. The van der Waals surface area contributed by atoms with Crippen LogP contribution < -0.4 is 0 Å². The standard InChI is InChI=1S/Na.Ni.HOP/c;;1-2/h;;2H. The maximum absolute atomic E-state index is 8.06. The molecule has 0 aliphatic heterocycles. The summed E-state index contributed by atoms with van der Waals surface area (Å²) in [4.78, 5) is 0. The van der Waals surface area contributed by atoms with Gasteiger partial charge in [-0.25, -0.2) is 0 Å². The minimum Gasteiger partial charge on any atom is -0.279 e. The molecule has 0 N–H and O–H groups in total. The Bertz CT molecular complexity index is 8.00. The summed E-state index contributed by atoms with van der Waals surface area (Å²) in [6.07, 6.45) is 0. The van der Waals surface area contributed by atoms with E-state index in [1.807, 2.05) is 0 Å². The molecule has 0 amide bonds. The zero-order chi connectivity index (χ0) is 2.00. The molecular weight excluding hydrogens is 129 g/mol. The van der Waals surface area contributed by atoms with Crippen LogP contribution in [0.5, 0.6) is 0 Å². The van der Waals surface area contributed by atoms with Crippen molar-refractivity contribution < 1.29 is 21.1 Å². The van der Waals surface area contributed by atoms with Crippen LogP contribution >= 0.6 is 9.12 Å². The van der Waals surface area contributed by atoms with Crippen molar-refractivity contribution in [3.63, 3.8) is 0 Å². The first-order valence-electron chi connectivity index (χ1n) is 0.204. The quantitative estimate of drug-likeness (QED) is 0.335. The third-order valence-corrected chi connectivity index (χ3v) is 0. The van der Waals surface area contributed by atoms with E-state index in [-0.39, 0.29) is 46.0 Å². The fourth-order valence-corrected chi connectivity index (χ4v) is 0. The maximum atomic E-state index is 8.06. The van der Waals surface area contributed by atoms with Crippen molar-refractivity contribution in [1.29, 1.82) is 0 Å². The van der Waals surface area contributed by atoms with Crippen LogP contribution in [-0.4, -0.2) is 29.6 Å². The van der Waals surface area contributed by atoms with Crippen LogP contribution in [0.15, 0.2) is 0 Å². The summed E-state index contributed by atoms with van der Waals surface area (Å²) >= 11 is 0. The van der Waals surface area contributed by atoms with Gasteiger partial charge in [0, 0.05) is 46.0 Å². The van der Waals surface area contributed by atoms with Crippen LogP contribution in [0.2, 0.25) is 0 Å². The number of rotatable bonds is 0. The Kier molecular flexibility index (Phi) is 102. The average molecular weight is 130 g/mol. The van der Waals surface area contributed by atoms with Crippen molar-refractivity contribution in [1.82, 2.24) is 0 Å². The topological polar surface area (TPSA) is 17.1 Å². The first-order chi connectivity index (χ1) is 1.00. The molecule has 0 heterocycles. The second-order valence-corrected chi connectivity index (χ2v) is 0. The van der Waals surface area contributed by atoms with Crippen LogP contribution in [-0.2, 0) is 21.1 Å². The average Bonchev–Trinajstić information content (AvgIpc) is 1.00. The smallest absolute Gasteiger partial charge is 0.138 e. The Morgan fingerprint density at radius 3 is 1.25 bits per heavy atom. The molecule has 0 saturated carbocycles. The van der Waals surface area contributed by atoms with E-state index in [1.165, 1.54) is 0 Å². The van der Waals surface area contributed by atoms with E-state index in [4.69, 9.17) is 4.57 Å². The summed E-state index contributed by atoms with van der Waals surface area (Å²) in [5.41, 5.74) is 0. The van der Waals surface area contributed by atoms with Crippen molar-refractivity contribution in [3.8, 4) is 0 Å². The van der Waals surface area contributed by atoms with Crippen LogP contribution in [0.25, 0.3) is 0 Å². The van der Waals surface area contributed by atoms with Gasteiger partial charge in [-0.2, -0.15) is 0 Å². The van der Waals surface area contributed by atoms with Gasteiger partial charge in [0.2, 0.25) is 0 Å². The molecule has 4 heteroatoms. The van der Waals surface area contributed by atoms with E-state index < -0.39 is 0 Å². The molecule has 1 radical (unpaired) electrons. The van der Waals surface area contributed by atoms with Crippen molar-refractivity contribution in [2.24, 2.45) is 0 Å². The molecule has 4 heavy (non-hydrogen) atoms. The first kappa shape index (κ1) is 17.5. The van der Waals surface area contributed by atoms with Gasteiger partial charge in [-0.1, -0.05) is 0 Å². The van der Waals surface area contributed by atoms with Crippen LogP contribution in [0.3, 0.4) is 0 Å². The van der Waals surface area contributed by atoms with Gasteiger partial charge < -0.3 is 0 Å². The minimum atomic E-state index is 0. The molecule has 0 aliphatic carbocycles. The summed E-state index contributed by atoms with van der Waals surface area (Å²) in [5, 5.41) is 0. The molecular formula is HNaNiOP. The Balaban J connectivity index is -0.00000000500. The van der Waals surface area contributed by atoms with Crippen molar-refractivity contribution in [2.45, 2.75) is 0 Å². The van der Waals surface area contributed by atoms with Gasteiger partial charge in [-0.3, -0.25) is 4.57 Å². The second kappa shape index (κ2) is 23.4. The summed E-state index contributed by atoms with van der Waals surface area (Å²) in [7, 11) is 1.72. The van der Waals surface area contributed by atoms with E-state index in [0.29, 0.717) is 0 Å². The van der Waals surface area contributed by atoms with Crippen LogP contribution in [0.4, 0.5) is 0 Å². The largest absolute Gasteiger partial charge is 0.279 e.